The molecule has 68 heavy (non-hydrogen) atoms. The molecule has 0 aliphatic rings. The van der Waals surface area contributed by atoms with Crippen molar-refractivity contribution in [2.45, 2.75) is 172 Å². The van der Waals surface area contributed by atoms with Gasteiger partial charge in [-0.15, -0.1) is 0 Å². The molecule has 0 heterocycles. The Labute approximate surface area is 402 Å². The average Bonchev–Trinajstić information content (AvgIpc) is 3.31. The quantitative estimate of drug-likeness (QED) is 0.0281. The molecule has 372 valence electrons. The van der Waals surface area contributed by atoms with Crippen molar-refractivity contribution in [1.82, 2.24) is 26.6 Å². The van der Waals surface area contributed by atoms with Crippen LogP contribution >= 0.6 is 0 Å². The maximum Gasteiger partial charge on any atom is 0.326 e. The minimum absolute atomic E-state index is 0.0224. The van der Waals surface area contributed by atoms with E-state index in [9.17, 15) is 43.8 Å². The monoisotopic (exact) mass is 941 g/mol. The first kappa shape index (κ1) is 56.4. The van der Waals surface area contributed by atoms with Gasteiger partial charge in [0.25, 0.3) is 0 Å². The predicted molar refractivity (Wildman–Crippen MR) is 263 cm³/mol. The molecule has 0 aromatic heterocycles. The first-order valence-corrected chi connectivity index (χ1v) is 24.4. The Balaban J connectivity index is 1.56. The lowest BCUT2D eigenvalue weighted by Gasteiger charge is -2.27. The molecule has 0 radical (unpaired) electrons. The molecule has 1 unspecified atom stereocenters. The minimum Gasteiger partial charge on any atom is -0.480 e. The number of unbranched alkanes of at least 4 members (excludes halogenated alkanes) is 8. The molecule has 3 rings (SSSR count). The molecule has 3 aromatic rings. The van der Waals surface area contributed by atoms with E-state index in [1.54, 1.807) is 0 Å². The largest absolute Gasteiger partial charge is 0.480 e. The number of aliphatic carboxylic acids is 1. The van der Waals surface area contributed by atoms with Crippen molar-refractivity contribution in [3.63, 3.8) is 0 Å². The second-order valence-electron chi connectivity index (χ2n) is 18.3. The molecule has 0 aliphatic heterocycles. The summed E-state index contributed by atoms with van der Waals surface area (Å²) in [6, 6.07) is 22.7. The first-order chi connectivity index (χ1) is 32.7. The van der Waals surface area contributed by atoms with Crippen molar-refractivity contribution in [2.75, 3.05) is 0 Å². The highest BCUT2D eigenvalue weighted by molar-refractivity contribution is 5.94. The smallest absolute Gasteiger partial charge is 0.326 e. The van der Waals surface area contributed by atoms with E-state index < -0.39 is 65.9 Å². The van der Waals surface area contributed by atoms with Crippen LogP contribution in [0.2, 0.25) is 0 Å². The zero-order chi connectivity index (χ0) is 49.7. The number of carbonyl (C=O) groups excluding carboxylic acids is 6. The zero-order valence-electron chi connectivity index (χ0n) is 40.2. The molecule has 0 aliphatic carbocycles. The number of carbonyl (C=O) groups is 7. The molecule has 0 saturated carbocycles. The van der Waals surface area contributed by atoms with Gasteiger partial charge in [0, 0.05) is 31.7 Å². The Bertz CT molecular complexity index is 1970. The molecule has 0 bridgehead atoms. The number of primary amides is 1. The van der Waals surface area contributed by atoms with E-state index in [1.165, 1.54) is 6.92 Å². The van der Waals surface area contributed by atoms with Crippen molar-refractivity contribution in [3.05, 3.63) is 108 Å². The van der Waals surface area contributed by atoms with Gasteiger partial charge in [0.2, 0.25) is 29.5 Å². The SMILES string of the molecule is CC(C)C[C@H](NC(=O)[C@@H](NC(=O)CCCCCCCC(CCCCCCC=O)N[C@@H](Cc1ccccc1)C(=O)N[C@@H](Cc1ccccc1)C(=O)O)[C@H](C)O)C(=O)N[C@@H](Cc1ccccc1)C(N)=O. The molecule has 5 amide bonds. The molecule has 15 nitrogen and oxygen atoms in total. The van der Waals surface area contributed by atoms with Crippen LogP contribution in [0.1, 0.15) is 127 Å². The van der Waals surface area contributed by atoms with E-state index in [0.717, 1.165) is 87.2 Å². The lowest BCUT2D eigenvalue weighted by atomic mass is 9.97. The molecule has 7 atom stereocenters. The highest BCUT2D eigenvalue weighted by Crippen LogP contribution is 2.17. The third-order valence-corrected chi connectivity index (χ3v) is 11.9. The fourth-order valence-electron chi connectivity index (χ4n) is 8.13. The van der Waals surface area contributed by atoms with Gasteiger partial charge in [-0.1, -0.05) is 150 Å². The summed E-state index contributed by atoms with van der Waals surface area (Å²) >= 11 is 0. The standard InChI is InChI=1S/C53H76N6O9/c1-37(2)33-44(50(64)56-43(49(54)63)34-39-23-13-10-14-24-39)57-52(66)48(38(3)61)59-47(62)31-21-8-4-6-19-29-42(30-20-7-5-9-22-32-60)55-45(35-40-25-15-11-16-26-40)51(65)58-46(53(67)68)36-41-27-17-12-18-28-41/h10-18,23-28,32,37-38,42-46,48,55,61H,4-9,19-22,29-31,33-36H2,1-3H3,(H2,54,63)(H,56,64)(H,57,66)(H,58,65)(H,59,62)(H,67,68)/t38-,42?,43-,44-,45-,46-,48-/m0/s1. The van der Waals surface area contributed by atoms with Crippen molar-refractivity contribution in [1.29, 1.82) is 0 Å². The molecule has 0 spiro atoms. The van der Waals surface area contributed by atoms with E-state index in [0.29, 0.717) is 19.3 Å². The maximum atomic E-state index is 13.9. The molecule has 9 N–H and O–H groups in total. The number of nitrogens with two attached hydrogens (primary N) is 1. The second kappa shape index (κ2) is 31.9. The summed E-state index contributed by atoms with van der Waals surface area (Å²) in [7, 11) is 0. The molecular formula is C53H76N6O9. The van der Waals surface area contributed by atoms with Gasteiger partial charge in [0.1, 0.15) is 30.5 Å². The number of rotatable bonds is 35. The van der Waals surface area contributed by atoms with E-state index in [2.05, 4.69) is 26.6 Å². The van der Waals surface area contributed by atoms with Gasteiger partial charge in [-0.25, -0.2) is 4.79 Å². The van der Waals surface area contributed by atoms with Gasteiger partial charge in [-0.2, -0.15) is 0 Å². The summed E-state index contributed by atoms with van der Waals surface area (Å²) in [6.45, 7) is 5.14. The van der Waals surface area contributed by atoms with E-state index in [1.807, 2.05) is 105 Å². The first-order valence-electron chi connectivity index (χ1n) is 24.4. The Morgan fingerprint density at radius 1 is 0.559 bits per heavy atom. The van der Waals surface area contributed by atoms with Crippen molar-refractivity contribution in [2.24, 2.45) is 11.7 Å². The Hall–Kier alpha value is -5.93. The van der Waals surface area contributed by atoms with Crippen LogP contribution in [0.3, 0.4) is 0 Å². The van der Waals surface area contributed by atoms with Crippen molar-refractivity contribution >= 4 is 41.8 Å². The van der Waals surface area contributed by atoms with Crippen LogP contribution in [0.15, 0.2) is 91.0 Å². The number of aliphatic hydroxyl groups excluding tert-OH is 1. The van der Waals surface area contributed by atoms with Crippen LogP contribution < -0.4 is 32.3 Å². The lowest BCUT2D eigenvalue weighted by Crippen LogP contribution is -2.59. The third-order valence-electron chi connectivity index (χ3n) is 11.9. The molecule has 0 saturated heterocycles. The number of nitrogens with one attached hydrogen (secondary N) is 5. The third kappa shape index (κ3) is 22.7. The van der Waals surface area contributed by atoms with E-state index >= 15 is 0 Å². The average molecular weight is 941 g/mol. The normalized spacial score (nSPS) is 14.3. The maximum absolute atomic E-state index is 13.9. The minimum atomic E-state index is -1.32. The fourth-order valence-corrected chi connectivity index (χ4v) is 8.13. The molecule has 3 aromatic carbocycles. The summed E-state index contributed by atoms with van der Waals surface area (Å²) in [5.74, 6) is -3.98. The highest BCUT2D eigenvalue weighted by Gasteiger charge is 2.32. The van der Waals surface area contributed by atoms with Crippen molar-refractivity contribution < 1.29 is 43.8 Å². The fraction of sp³-hybridized carbons (Fsp3) is 0.528. The van der Waals surface area contributed by atoms with Crippen LogP contribution in [0.5, 0.6) is 0 Å². The summed E-state index contributed by atoms with van der Waals surface area (Å²) in [6.07, 6.45) is 10.3. The van der Waals surface area contributed by atoms with Gasteiger partial charge >= 0.3 is 5.97 Å². The van der Waals surface area contributed by atoms with Crippen LogP contribution in [-0.4, -0.2) is 94.4 Å². The van der Waals surface area contributed by atoms with Crippen LogP contribution in [0.4, 0.5) is 0 Å². The van der Waals surface area contributed by atoms with Crippen LogP contribution in [-0.2, 0) is 52.8 Å². The van der Waals surface area contributed by atoms with Crippen LogP contribution in [0, 0.1) is 5.92 Å². The van der Waals surface area contributed by atoms with Gasteiger partial charge in [-0.05, 0) is 68.1 Å². The van der Waals surface area contributed by atoms with Crippen LogP contribution in [0.25, 0.3) is 0 Å². The van der Waals surface area contributed by atoms with Gasteiger partial charge < -0.3 is 47.3 Å². The Morgan fingerprint density at radius 3 is 1.49 bits per heavy atom. The number of benzene rings is 3. The molecule has 0 fully saturated rings. The molecule has 15 heteroatoms. The predicted octanol–water partition coefficient (Wildman–Crippen LogP) is 5.25. The summed E-state index contributed by atoms with van der Waals surface area (Å²) < 4.78 is 0. The second-order valence-corrected chi connectivity index (χ2v) is 18.3. The van der Waals surface area contributed by atoms with E-state index in [-0.39, 0.29) is 43.6 Å². The summed E-state index contributed by atoms with van der Waals surface area (Å²) in [4.78, 5) is 89.3. The topological polar surface area (TPSA) is 246 Å². The summed E-state index contributed by atoms with van der Waals surface area (Å²) in [5, 5.41) is 35.0. The number of hydrogen-bond acceptors (Lipinski definition) is 9. The Morgan fingerprint density at radius 2 is 1.00 bits per heavy atom. The Kier molecular flexibility index (Phi) is 26.5. The van der Waals surface area contributed by atoms with E-state index in [4.69, 9.17) is 5.73 Å². The van der Waals surface area contributed by atoms with Gasteiger partial charge in [0.15, 0.2) is 0 Å². The number of carboxylic acid groups (broad SMARTS) is 1. The molecular weight excluding hydrogens is 865 g/mol. The summed E-state index contributed by atoms with van der Waals surface area (Å²) in [5.41, 5.74) is 8.17. The number of amides is 5. The number of aldehydes is 1. The van der Waals surface area contributed by atoms with Crippen molar-refractivity contribution in [3.8, 4) is 0 Å². The number of carboxylic acids is 1. The van der Waals surface area contributed by atoms with Gasteiger partial charge in [0.05, 0.1) is 12.1 Å². The zero-order valence-corrected chi connectivity index (χ0v) is 40.2. The van der Waals surface area contributed by atoms with Gasteiger partial charge in [-0.3, -0.25) is 24.0 Å². The number of aliphatic hydroxyl groups is 1. The lowest BCUT2D eigenvalue weighted by molar-refractivity contribution is -0.142. The number of hydrogen-bond donors (Lipinski definition) is 8. The highest BCUT2D eigenvalue weighted by atomic mass is 16.4.